The zero-order valence-corrected chi connectivity index (χ0v) is 20.0. The number of carboxylic acids is 1. The molecule has 4 rings (SSSR count). The van der Waals surface area contributed by atoms with Crippen LogP contribution in [0, 0.1) is 0 Å². The minimum atomic E-state index is -3.61. The van der Waals surface area contributed by atoms with Crippen molar-refractivity contribution in [1.82, 2.24) is 13.9 Å². The number of carboxylic acid groups (broad SMARTS) is 1. The summed E-state index contributed by atoms with van der Waals surface area (Å²) in [5, 5.41) is 10.4. The number of ether oxygens (including phenoxy) is 1. The molecular weight excluding hydrogens is 466 g/mol. The second-order valence-electron chi connectivity index (χ2n) is 8.43. The number of fused-ring (bicyclic) bond motifs is 1. The van der Waals surface area contributed by atoms with Crippen molar-refractivity contribution in [1.29, 1.82) is 0 Å². The van der Waals surface area contributed by atoms with E-state index in [4.69, 9.17) is 16.3 Å². The van der Waals surface area contributed by atoms with Crippen molar-refractivity contribution < 1.29 is 23.1 Å². The molecule has 3 heterocycles. The fraction of sp³-hybridized carbons (Fsp3) is 0.391. The van der Waals surface area contributed by atoms with Crippen molar-refractivity contribution in [2.24, 2.45) is 0 Å². The van der Waals surface area contributed by atoms with Gasteiger partial charge in [0.2, 0.25) is 10.0 Å². The maximum Gasteiger partial charge on any atom is 0.323 e. The molecule has 1 aromatic carbocycles. The van der Waals surface area contributed by atoms with E-state index < -0.39 is 16.0 Å². The van der Waals surface area contributed by atoms with E-state index in [2.05, 4.69) is 4.98 Å². The molecule has 0 atom stereocenters. The molecule has 0 radical (unpaired) electrons. The van der Waals surface area contributed by atoms with Gasteiger partial charge in [-0.2, -0.15) is 4.31 Å². The average molecular weight is 492 g/mol. The third kappa shape index (κ3) is 5.00. The Kier molecular flexibility index (Phi) is 6.65. The number of aromatic nitrogens is 2. The minimum absolute atomic E-state index is 0.0131. The first-order chi connectivity index (χ1) is 15.6. The maximum atomic E-state index is 13.1. The zero-order chi connectivity index (χ0) is 23.8. The summed E-state index contributed by atoms with van der Waals surface area (Å²) >= 11 is 6.03. The fourth-order valence-electron chi connectivity index (χ4n) is 4.28. The van der Waals surface area contributed by atoms with Crippen LogP contribution >= 0.6 is 11.6 Å². The van der Waals surface area contributed by atoms with Gasteiger partial charge in [0.25, 0.3) is 0 Å². The largest absolute Gasteiger partial charge is 0.491 e. The SMILES string of the molecule is CC(C)Oc1ccc(S(=O)(=O)N2CCC(c3cn(CC(=O)O)c4nc(Cl)ccc34)CC2)cc1. The summed E-state index contributed by atoms with van der Waals surface area (Å²) in [5.74, 6) is -0.237. The van der Waals surface area contributed by atoms with Crippen LogP contribution in [-0.4, -0.2) is 52.5 Å². The molecule has 10 heteroatoms. The van der Waals surface area contributed by atoms with Crippen LogP contribution in [0.25, 0.3) is 11.0 Å². The first-order valence-corrected chi connectivity index (χ1v) is 12.6. The number of benzene rings is 1. The van der Waals surface area contributed by atoms with Crippen molar-refractivity contribution in [2.75, 3.05) is 13.1 Å². The van der Waals surface area contributed by atoms with Gasteiger partial charge in [0, 0.05) is 24.7 Å². The predicted molar refractivity (Wildman–Crippen MR) is 125 cm³/mol. The lowest BCUT2D eigenvalue weighted by Crippen LogP contribution is -2.37. The summed E-state index contributed by atoms with van der Waals surface area (Å²) in [4.78, 5) is 15.8. The summed E-state index contributed by atoms with van der Waals surface area (Å²) in [6.07, 6.45) is 3.08. The van der Waals surface area contributed by atoms with Crippen LogP contribution in [0.5, 0.6) is 5.75 Å². The summed E-state index contributed by atoms with van der Waals surface area (Å²) in [6, 6.07) is 10.0. The number of aliphatic carboxylic acids is 1. The molecular formula is C23H26ClN3O5S. The topological polar surface area (TPSA) is 102 Å². The fourth-order valence-corrected chi connectivity index (χ4v) is 5.89. The molecule has 0 saturated carbocycles. The van der Waals surface area contributed by atoms with Crippen LogP contribution in [0.15, 0.2) is 47.5 Å². The summed E-state index contributed by atoms with van der Waals surface area (Å²) in [6.45, 7) is 4.37. The first-order valence-electron chi connectivity index (χ1n) is 10.8. The molecule has 176 valence electrons. The van der Waals surface area contributed by atoms with Gasteiger partial charge in [0.05, 0.1) is 11.0 Å². The van der Waals surface area contributed by atoms with Crippen molar-refractivity contribution in [3.63, 3.8) is 0 Å². The molecule has 1 N–H and O–H groups in total. The quantitative estimate of drug-likeness (QED) is 0.498. The highest BCUT2D eigenvalue weighted by Gasteiger charge is 2.31. The number of rotatable bonds is 7. The van der Waals surface area contributed by atoms with Crippen LogP contribution in [0.1, 0.15) is 38.2 Å². The second-order valence-corrected chi connectivity index (χ2v) is 10.8. The highest BCUT2D eigenvalue weighted by atomic mass is 35.5. The molecule has 1 fully saturated rings. The van der Waals surface area contributed by atoms with E-state index in [1.54, 1.807) is 34.9 Å². The Morgan fingerprint density at radius 2 is 1.85 bits per heavy atom. The Balaban J connectivity index is 1.52. The van der Waals surface area contributed by atoms with Gasteiger partial charge in [-0.15, -0.1) is 0 Å². The molecule has 2 aromatic heterocycles. The number of pyridine rings is 1. The smallest absolute Gasteiger partial charge is 0.323 e. The lowest BCUT2D eigenvalue weighted by Gasteiger charge is -2.31. The van der Waals surface area contributed by atoms with E-state index >= 15 is 0 Å². The Labute approximate surface area is 197 Å². The number of piperidine rings is 1. The number of sulfonamides is 1. The van der Waals surface area contributed by atoms with Crippen molar-refractivity contribution in [3.8, 4) is 5.75 Å². The van der Waals surface area contributed by atoms with E-state index in [1.165, 1.54) is 4.31 Å². The molecule has 0 aliphatic carbocycles. The van der Waals surface area contributed by atoms with E-state index in [9.17, 15) is 18.3 Å². The standard InChI is InChI=1S/C23H26ClN3O5S/c1-15(2)32-17-3-5-18(6-4-17)33(30,31)27-11-9-16(10-12-27)20-13-26(14-22(28)29)23-19(20)7-8-21(24)25-23/h3-8,13,15-16H,9-12,14H2,1-2H3,(H,28,29). The molecule has 8 nitrogen and oxygen atoms in total. The van der Waals surface area contributed by atoms with E-state index in [0.29, 0.717) is 42.5 Å². The third-order valence-corrected chi connectivity index (χ3v) is 7.88. The van der Waals surface area contributed by atoms with Crippen molar-refractivity contribution >= 4 is 38.6 Å². The van der Waals surface area contributed by atoms with Gasteiger partial charge < -0.3 is 14.4 Å². The van der Waals surface area contributed by atoms with Gasteiger partial charge >= 0.3 is 5.97 Å². The zero-order valence-electron chi connectivity index (χ0n) is 18.4. The highest BCUT2D eigenvalue weighted by Crippen LogP contribution is 2.36. The minimum Gasteiger partial charge on any atom is -0.491 e. The number of hydrogen-bond acceptors (Lipinski definition) is 5. The lowest BCUT2D eigenvalue weighted by molar-refractivity contribution is -0.137. The molecule has 0 amide bonds. The predicted octanol–water partition coefficient (Wildman–Crippen LogP) is 4.13. The number of carbonyl (C=O) groups is 1. The van der Waals surface area contributed by atoms with E-state index in [0.717, 1.165) is 10.9 Å². The van der Waals surface area contributed by atoms with Gasteiger partial charge in [-0.3, -0.25) is 4.79 Å². The summed E-state index contributed by atoms with van der Waals surface area (Å²) in [5.41, 5.74) is 1.50. The Morgan fingerprint density at radius 1 is 1.18 bits per heavy atom. The van der Waals surface area contributed by atoms with Crippen LogP contribution in [0.4, 0.5) is 0 Å². The van der Waals surface area contributed by atoms with Gasteiger partial charge in [0.1, 0.15) is 23.1 Å². The number of halogens is 1. The molecule has 1 aliphatic rings. The van der Waals surface area contributed by atoms with Crippen molar-refractivity contribution in [2.45, 2.75) is 50.2 Å². The second kappa shape index (κ2) is 9.32. The number of hydrogen-bond donors (Lipinski definition) is 1. The third-order valence-electron chi connectivity index (χ3n) is 5.75. The maximum absolute atomic E-state index is 13.1. The van der Waals surface area contributed by atoms with Crippen LogP contribution < -0.4 is 4.74 Å². The first kappa shape index (κ1) is 23.5. The highest BCUT2D eigenvalue weighted by molar-refractivity contribution is 7.89. The van der Waals surface area contributed by atoms with E-state index in [-0.39, 0.29) is 23.5 Å². The molecule has 1 aliphatic heterocycles. The molecule has 0 bridgehead atoms. The van der Waals surface area contributed by atoms with Crippen LogP contribution in [0.2, 0.25) is 5.15 Å². The summed E-state index contributed by atoms with van der Waals surface area (Å²) in [7, 11) is -3.61. The Hall–Kier alpha value is -2.62. The molecule has 1 saturated heterocycles. The van der Waals surface area contributed by atoms with Gasteiger partial charge in [-0.25, -0.2) is 13.4 Å². The van der Waals surface area contributed by atoms with Gasteiger partial charge in [0.15, 0.2) is 0 Å². The number of nitrogens with zero attached hydrogens (tertiary/aromatic N) is 3. The van der Waals surface area contributed by atoms with Crippen molar-refractivity contribution in [3.05, 3.63) is 53.3 Å². The molecule has 3 aromatic rings. The molecule has 0 unspecified atom stereocenters. The molecule has 33 heavy (non-hydrogen) atoms. The monoisotopic (exact) mass is 491 g/mol. The normalized spacial score (nSPS) is 15.9. The van der Waals surface area contributed by atoms with Crippen LogP contribution in [0.3, 0.4) is 0 Å². The van der Waals surface area contributed by atoms with Gasteiger partial charge in [-0.05, 0) is 74.6 Å². The van der Waals surface area contributed by atoms with Crippen LogP contribution in [-0.2, 0) is 21.4 Å². The Morgan fingerprint density at radius 3 is 2.45 bits per heavy atom. The molecule has 0 spiro atoms. The van der Waals surface area contributed by atoms with Gasteiger partial charge in [-0.1, -0.05) is 11.6 Å². The summed E-state index contributed by atoms with van der Waals surface area (Å²) < 4.78 is 35.0. The lowest BCUT2D eigenvalue weighted by atomic mass is 9.90. The average Bonchev–Trinajstić information content (AvgIpc) is 3.10. The Bertz CT molecular complexity index is 1260. The van der Waals surface area contributed by atoms with E-state index in [1.807, 2.05) is 26.1 Å².